The molecule has 2 rings (SSSR count). The van der Waals surface area contributed by atoms with Gasteiger partial charge in [-0.3, -0.25) is 14.9 Å². The number of nitro benzene ring substituents is 1. The van der Waals surface area contributed by atoms with Crippen molar-refractivity contribution in [2.45, 2.75) is 13.5 Å². The summed E-state index contributed by atoms with van der Waals surface area (Å²) >= 11 is 0. The summed E-state index contributed by atoms with van der Waals surface area (Å²) in [6.45, 7) is 2.52. The van der Waals surface area contributed by atoms with E-state index < -0.39 is 4.92 Å². The molecule has 1 atom stereocenters. The first-order chi connectivity index (χ1) is 13.8. The number of amides is 1. The fraction of sp³-hybridized carbons (Fsp3) is 0.350. The number of rotatable bonds is 9. The molecule has 2 aromatic rings. The van der Waals surface area contributed by atoms with E-state index in [1.807, 2.05) is 25.2 Å². The summed E-state index contributed by atoms with van der Waals surface area (Å²) < 4.78 is 15.6. The van der Waals surface area contributed by atoms with Gasteiger partial charge in [-0.2, -0.15) is 0 Å². The number of hydrogen-bond acceptors (Lipinski definition) is 6. The lowest BCUT2D eigenvalue weighted by atomic mass is 10.1. The summed E-state index contributed by atoms with van der Waals surface area (Å²) in [5.74, 6) is 1.18. The lowest BCUT2D eigenvalue weighted by Gasteiger charge is -2.16. The molecule has 0 fully saturated rings. The molecule has 0 aliphatic heterocycles. The maximum absolute atomic E-state index is 12.5. The third-order valence-electron chi connectivity index (χ3n) is 4.41. The number of methoxy groups -OCH3 is 3. The molecule has 0 heterocycles. The maximum Gasteiger partial charge on any atom is 0.311 e. The Bertz CT molecular complexity index is 900. The van der Waals surface area contributed by atoms with Gasteiger partial charge in [-0.15, -0.1) is 0 Å². The van der Waals surface area contributed by atoms with E-state index in [0.717, 1.165) is 10.5 Å². The van der Waals surface area contributed by atoms with Crippen LogP contribution in [-0.2, 0) is 11.3 Å². The van der Waals surface area contributed by atoms with Gasteiger partial charge in [-0.1, -0.05) is 0 Å². The fourth-order valence-corrected chi connectivity index (χ4v) is 2.98. The maximum atomic E-state index is 12.5. The van der Waals surface area contributed by atoms with Crippen molar-refractivity contribution in [3.8, 4) is 17.2 Å². The third-order valence-corrected chi connectivity index (χ3v) is 4.41. The van der Waals surface area contributed by atoms with Crippen LogP contribution in [0.3, 0.4) is 0 Å². The molecule has 0 aliphatic carbocycles. The highest BCUT2D eigenvalue weighted by Gasteiger charge is 2.19. The molecule has 9 heteroatoms. The van der Waals surface area contributed by atoms with Crippen molar-refractivity contribution in [3.63, 3.8) is 0 Å². The summed E-state index contributed by atoms with van der Waals surface area (Å²) in [7, 11) is 6.41. The van der Waals surface area contributed by atoms with Crippen molar-refractivity contribution in [2.75, 3.05) is 40.2 Å². The summed E-state index contributed by atoms with van der Waals surface area (Å²) in [5.41, 5.74) is 1.93. The van der Waals surface area contributed by atoms with Crippen molar-refractivity contribution in [1.82, 2.24) is 0 Å². The number of nitrogens with zero attached hydrogens (tertiary/aromatic N) is 1. The molecule has 2 aromatic carbocycles. The summed E-state index contributed by atoms with van der Waals surface area (Å²) in [6, 6.07) is 8.48. The first kappa shape index (κ1) is 22.0. The molecule has 29 heavy (non-hydrogen) atoms. The van der Waals surface area contributed by atoms with E-state index in [1.165, 1.54) is 19.2 Å². The number of ether oxygens (including phenoxy) is 3. The highest BCUT2D eigenvalue weighted by Crippen LogP contribution is 2.32. The number of likely N-dealkylation sites (N-methyl/N-ethyl adjacent to an activating group) is 1. The van der Waals surface area contributed by atoms with Crippen molar-refractivity contribution < 1.29 is 28.8 Å². The van der Waals surface area contributed by atoms with Crippen LogP contribution in [-0.4, -0.2) is 45.8 Å². The van der Waals surface area contributed by atoms with Gasteiger partial charge in [0.1, 0.15) is 6.54 Å². The second-order valence-corrected chi connectivity index (χ2v) is 6.64. The molecular weight excluding hydrogens is 378 g/mol. The van der Waals surface area contributed by atoms with E-state index in [2.05, 4.69) is 5.32 Å². The highest BCUT2D eigenvalue weighted by molar-refractivity contribution is 5.92. The summed E-state index contributed by atoms with van der Waals surface area (Å²) in [5, 5.41) is 13.9. The predicted molar refractivity (Wildman–Crippen MR) is 108 cm³/mol. The number of quaternary nitrogens is 1. The minimum absolute atomic E-state index is 0.0990. The predicted octanol–water partition coefficient (Wildman–Crippen LogP) is 1.58. The number of carbonyl (C=O) groups excluding carboxylic acids is 1. The largest absolute Gasteiger partial charge is 0.493 e. The minimum atomic E-state index is -0.515. The Morgan fingerprint density at radius 3 is 2.31 bits per heavy atom. The van der Waals surface area contributed by atoms with Crippen molar-refractivity contribution in [1.29, 1.82) is 0 Å². The highest BCUT2D eigenvalue weighted by atomic mass is 16.6. The lowest BCUT2D eigenvalue weighted by molar-refractivity contribution is -0.885. The summed E-state index contributed by atoms with van der Waals surface area (Å²) in [6.07, 6.45) is 0. The van der Waals surface area contributed by atoms with E-state index in [1.54, 1.807) is 21.1 Å². The molecule has 2 N–H and O–H groups in total. The fourth-order valence-electron chi connectivity index (χ4n) is 2.98. The Hall–Kier alpha value is -3.33. The molecule has 0 spiro atoms. The van der Waals surface area contributed by atoms with Crippen LogP contribution in [0.15, 0.2) is 30.3 Å². The van der Waals surface area contributed by atoms with Gasteiger partial charge in [-0.25, -0.2) is 0 Å². The number of anilines is 1. The standard InChI is InChI=1S/C20H25N3O6/c1-13-8-16(23(25)26)18(28-4)10-15(13)21-20(24)12-22(2)11-14-6-7-17(27-3)19(9-14)29-5/h6-10H,11-12H2,1-5H3,(H,21,24)/p+1. The Balaban J connectivity index is 2.04. The Labute approximate surface area is 169 Å². The van der Waals surface area contributed by atoms with Crippen LogP contribution in [0.25, 0.3) is 0 Å². The molecule has 0 aliphatic rings. The van der Waals surface area contributed by atoms with Crippen LogP contribution < -0.4 is 24.4 Å². The topological polar surface area (TPSA) is 104 Å². The number of nitro groups is 1. The van der Waals surface area contributed by atoms with Crippen LogP contribution in [0.4, 0.5) is 11.4 Å². The zero-order valence-corrected chi connectivity index (χ0v) is 17.2. The number of nitrogens with one attached hydrogen (secondary N) is 2. The second kappa shape index (κ2) is 9.74. The van der Waals surface area contributed by atoms with Gasteiger partial charge in [0.15, 0.2) is 23.8 Å². The number of carbonyl (C=O) groups is 1. The molecule has 0 bridgehead atoms. The van der Waals surface area contributed by atoms with E-state index >= 15 is 0 Å². The van der Waals surface area contributed by atoms with Crippen LogP contribution in [0.1, 0.15) is 11.1 Å². The molecule has 0 saturated carbocycles. The molecule has 9 nitrogen and oxygen atoms in total. The quantitative estimate of drug-likeness (QED) is 0.486. The van der Waals surface area contributed by atoms with Gasteiger partial charge in [0.2, 0.25) is 0 Å². The molecule has 0 saturated heterocycles. The van der Waals surface area contributed by atoms with Crippen LogP contribution in [0.5, 0.6) is 17.2 Å². The molecular formula is C20H26N3O6+. The number of benzene rings is 2. The first-order valence-electron chi connectivity index (χ1n) is 8.94. The zero-order valence-electron chi connectivity index (χ0n) is 17.2. The Morgan fingerprint density at radius 2 is 1.72 bits per heavy atom. The third kappa shape index (κ3) is 5.58. The zero-order chi connectivity index (χ0) is 21.6. The average molecular weight is 404 g/mol. The Kier molecular flexibility index (Phi) is 7.38. The minimum Gasteiger partial charge on any atom is -0.493 e. The van der Waals surface area contributed by atoms with Gasteiger partial charge in [0.25, 0.3) is 5.91 Å². The van der Waals surface area contributed by atoms with Gasteiger partial charge in [0, 0.05) is 23.4 Å². The van der Waals surface area contributed by atoms with Gasteiger partial charge in [0.05, 0.1) is 33.3 Å². The van der Waals surface area contributed by atoms with Crippen molar-refractivity contribution in [2.24, 2.45) is 0 Å². The number of aryl methyl sites for hydroxylation is 1. The lowest BCUT2D eigenvalue weighted by Crippen LogP contribution is -3.08. The van der Waals surface area contributed by atoms with E-state index in [4.69, 9.17) is 14.2 Å². The van der Waals surface area contributed by atoms with Crippen molar-refractivity contribution in [3.05, 3.63) is 51.6 Å². The average Bonchev–Trinajstić information content (AvgIpc) is 2.68. The molecule has 156 valence electrons. The molecule has 1 unspecified atom stereocenters. The monoisotopic (exact) mass is 404 g/mol. The van der Waals surface area contributed by atoms with Crippen LogP contribution in [0.2, 0.25) is 0 Å². The normalized spacial score (nSPS) is 11.5. The van der Waals surface area contributed by atoms with E-state index in [0.29, 0.717) is 29.3 Å². The SMILES string of the molecule is COc1ccc(C[NH+](C)CC(=O)Nc2cc(OC)c([N+](=O)[O-])cc2C)cc1OC. The smallest absolute Gasteiger partial charge is 0.311 e. The first-order valence-corrected chi connectivity index (χ1v) is 8.94. The van der Waals surface area contributed by atoms with E-state index in [9.17, 15) is 14.9 Å². The molecule has 0 aromatic heterocycles. The summed E-state index contributed by atoms with van der Waals surface area (Å²) in [4.78, 5) is 24.0. The van der Waals surface area contributed by atoms with Crippen LogP contribution in [0, 0.1) is 17.0 Å². The molecule has 0 radical (unpaired) electrons. The van der Waals surface area contributed by atoms with Gasteiger partial charge >= 0.3 is 5.69 Å². The van der Waals surface area contributed by atoms with E-state index in [-0.39, 0.29) is 23.9 Å². The van der Waals surface area contributed by atoms with Gasteiger partial charge < -0.3 is 24.4 Å². The number of hydrogen-bond donors (Lipinski definition) is 2. The Morgan fingerprint density at radius 1 is 1.07 bits per heavy atom. The van der Waals surface area contributed by atoms with Gasteiger partial charge in [-0.05, 0) is 30.7 Å². The second-order valence-electron chi connectivity index (χ2n) is 6.64. The molecule has 1 amide bonds. The van der Waals surface area contributed by atoms with Crippen molar-refractivity contribution >= 4 is 17.3 Å². The van der Waals surface area contributed by atoms with Crippen LogP contribution >= 0.6 is 0 Å².